The Morgan fingerprint density at radius 3 is 2.12 bits per heavy atom. The molecule has 0 aliphatic rings. The smallest absolute Gasteiger partial charge is 0.407 e. The molecule has 3 unspecified atom stereocenters. The van der Waals surface area contributed by atoms with E-state index in [-0.39, 0.29) is 37.2 Å². The zero-order chi connectivity index (χ0) is 37.1. The Morgan fingerprint density at radius 2 is 1.54 bits per heavy atom. The van der Waals surface area contributed by atoms with E-state index >= 15 is 0 Å². The molecule has 0 bridgehead atoms. The van der Waals surface area contributed by atoms with Crippen LogP contribution >= 0.6 is 22.7 Å². The lowest BCUT2D eigenvalue weighted by Gasteiger charge is -2.27. The molecule has 0 spiro atoms. The molecular formula is C39H52N6O5S2. The molecule has 0 saturated heterocycles. The van der Waals surface area contributed by atoms with Gasteiger partial charge in [0.05, 0.1) is 34.2 Å². The molecule has 3 atom stereocenters. The van der Waals surface area contributed by atoms with Crippen LogP contribution in [0.15, 0.2) is 77.8 Å². The quantitative estimate of drug-likeness (QED) is 0.0775. The van der Waals surface area contributed by atoms with Crippen molar-refractivity contribution < 1.29 is 23.9 Å². The Hall–Kier alpha value is -4.33. The Bertz CT molecular complexity index is 1620. The number of ether oxygens (including phenoxy) is 2. The molecule has 13 heteroatoms. The minimum absolute atomic E-state index is 0.0431. The molecule has 4 aromatic rings. The first-order chi connectivity index (χ1) is 25.2. The van der Waals surface area contributed by atoms with Crippen molar-refractivity contribution in [2.45, 2.75) is 96.5 Å². The van der Waals surface area contributed by atoms with E-state index in [1.807, 2.05) is 66.0 Å². The second-order valence-electron chi connectivity index (χ2n) is 13.2. The number of nitrogens with one attached hydrogen (secondary N) is 3. The molecular weight excluding hydrogens is 697 g/mol. The third kappa shape index (κ3) is 14.4. The fourth-order valence-corrected chi connectivity index (χ4v) is 6.81. The summed E-state index contributed by atoms with van der Waals surface area (Å²) in [6.45, 7) is 7.24. The first-order valence-electron chi connectivity index (χ1n) is 17.9. The number of nitrogens with zero attached hydrogens (tertiary/aromatic N) is 3. The number of unbranched alkanes of at least 4 members (excludes halogenated alkanes) is 1. The van der Waals surface area contributed by atoms with E-state index in [1.165, 1.54) is 16.2 Å². The van der Waals surface area contributed by atoms with E-state index in [9.17, 15) is 14.4 Å². The Kier molecular flexibility index (Phi) is 17.0. The number of benzene rings is 2. The van der Waals surface area contributed by atoms with Crippen LogP contribution < -0.4 is 16.0 Å². The van der Waals surface area contributed by atoms with Crippen molar-refractivity contribution in [2.24, 2.45) is 0 Å². The number of carbonyl (C=O) groups is 3. The van der Waals surface area contributed by atoms with Gasteiger partial charge in [-0.2, -0.15) is 0 Å². The van der Waals surface area contributed by atoms with Crippen LogP contribution in [-0.2, 0) is 40.3 Å². The van der Waals surface area contributed by atoms with Crippen molar-refractivity contribution in [1.29, 1.82) is 0 Å². The molecule has 4 rings (SSSR count). The summed E-state index contributed by atoms with van der Waals surface area (Å²) in [6, 6.07) is 18.1. The van der Waals surface area contributed by atoms with Crippen molar-refractivity contribution in [1.82, 2.24) is 30.8 Å². The maximum Gasteiger partial charge on any atom is 0.407 e. The minimum Gasteiger partial charge on any atom is -0.444 e. The highest BCUT2D eigenvalue weighted by atomic mass is 32.1. The SMILES string of the molecule is CCCCOCC(NC(=O)N(C)Cc1csc(C(C)C)n1)C(=O)NC(CCC(Cc1ccccc1)NC(=O)OCc1cncs1)Cc1ccccc1. The number of carbonyl (C=O) groups excluding carboxylic acids is 3. The molecule has 0 saturated carbocycles. The van der Waals surface area contributed by atoms with Crippen LogP contribution in [0.3, 0.4) is 0 Å². The van der Waals surface area contributed by atoms with Gasteiger partial charge in [0.2, 0.25) is 5.91 Å². The van der Waals surface area contributed by atoms with E-state index in [1.54, 1.807) is 30.1 Å². The van der Waals surface area contributed by atoms with E-state index in [0.29, 0.717) is 44.8 Å². The van der Waals surface area contributed by atoms with Gasteiger partial charge >= 0.3 is 12.1 Å². The molecule has 3 N–H and O–H groups in total. The zero-order valence-corrected chi connectivity index (χ0v) is 32.2. The number of hydrogen-bond acceptors (Lipinski definition) is 9. The maximum atomic E-state index is 14.0. The van der Waals surface area contributed by atoms with Gasteiger partial charge < -0.3 is 30.3 Å². The van der Waals surface area contributed by atoms with Crippen LogP contribution in [-0.4, -0.2) is 71.3 Å². The van der Waals surface area contributed by atoms with E-state index in [2.05, 4.69) is 46.7 Å². The standard InChI is InChI=1S/C39H52N6O5S2/c1-5-6-19-49-25-35(44-38(47)45(4)23-33-26-51-37(42-33)28(2)3)36(46)41-31(20-29-13-9-7-10-14-29)17-18-32(21-30-15-11-8-12-16-30)43-39(48)50-24-34-22-40-27-52-34/h7-16,22,26-28,31-32,35H,5-6,17-21,23-25H2,1-4H3,(H,41,46)(H,43,48)(H,44,47). The lowest BCUT2D eigenvalue weighted by atomic mass is 9.96. The summed E-state index contributed by atoms with van der Waals surface area (Å²) in [7, 11) is 1.69. The third-order valence-electron chi connectivity index (χ3n) is 8.36. The number of alkyl carbamates (subject to hydrolysis) is 1. The average Bonchev–Trinajstić information content (AvgIpc) is 3.84. The normalized spacial score (nSPS) is 12.9. The predicted octanol–water partition coefficient (Wildman–Crippen LogP) is 7.10. The predicted molar refractivity (Wildman–Crippen MR) is 206 cm³/mol. The molecule has 0 aliphatic carbocycles. The third-order valence-corrected chi connectivity index (χ3v) is 10.3. The molecule has 0 aliphatic heterocycles. The van der Waals surface area contributed by atoms with Gasteiger partial charge in [-0.15, -0.1) is 22.7 Å². The second-order valence-corrected chi connectivity index (χ2v) is 15.0. The van der Waals surface area contributed by atoms with Crippen LogP contribution in [0.2, 0.25) is 0 Å². The lowest BCUT2D eigenvalue weighted by Crippen LogP contribution is -2.54. The second kappa shape index (κ2) is 21.9. The molecule has 2 aromatic carbocycles. The van der Waals surface area contributed by atoms with Gasteiger partial charge in [0.1, 0.15) is 12.6 Å². The van der Waals surface area contributed by atoms with E-state index in [4.69, 9.17) is 9.47 Å². The molecule has 280 valence electrons. The molecule has 4 amide bonds. The van der Waals surface area contributed by atoms with Gasteiger partial charge in [-0.05, 0) is 43.2 Å². The van der Waals surface area contributed by atoms with Crippen molar-refractivity contribution in [3.05, 3.63) is 104 Å². The summed E-state index contributed by atoms with van der Waals surface area (Å²) in [6.07, 6.45) is 5.27. The minimum atomic E-state index is -0.910. The molecule has 11 nitrogen and oxygen atoms in total. The summed E-state index contributed by atoms with van der Waals surface area (Å²) in [4.78, 5) is 51.4. The average molecular weight is 749 g/mol. The van der Waals surface area contributed by atoms with Gasteiger partial charge in [-0.25, -0.2) is 14.6 Å². The Morgan fingerprint density at radius 1 is 0.885 bits per heavy atom. The maximum absolute atomic E-state index is 14.0. The van der Waals surface area contributed by atoms with Gasteiger partial charge in [0.15, 0.2) is 0 Å². The van der Waals surface area contributed by atoms with Crippen molar-refractivity contribution in [3.8, 4) is 0 Å². The van der Waals surface area contributed by atoms with Crippen LogP contribution in [0.25, 0.3) is 0 Å². The van der Waals surface area contributed by atoms with Gasteiger partial charge in [0, 0.05) is 43.2 Å². The zero-order valence-electron chi connectivity index (χ0n) is 30.6. The summed E-state index contributed by atoms with van der Waals surface area (Å²) < 4.78 is 11.4. The lowest BCUT2D eigenvalue weighted by molar-refractivity contribution is -0.125. The molecule has 52 heavy (non-hydrogen) atoms. The van der Waals surface area contributed by atoms with Gasteiger partial charge in [0.25, 0.3) is 0 Å². The van der Waals surface area contributed by atoms with Crippen LogP contribution in [0, 0.1) is 0 Å². The molecule has 0 radical (unpaired) electrons. The fraction of sp³-hybridized carbons (Fsp3) is 0.462. The first-order valence-corrected chi connectivity index (χ1v) is 19.7. The number of hydrogen-bond donors (Lipinski definition) is 3. The van der Waals surface area contributed by atoms with Crippen molar-refractivity contribution in [2.75, 3.05) is 20.3 Å². The Labute approximate surface area is 315 Å². The number of aromatic nitrogens is 2. The van der Waals surface area contributed by atoms with Crippen LogP contribution in [0.1, 0.15) is 79.1 Å². The number of amides is 4. The van der Waals surface area contributed by atoms with Crippen molar-refractivity contribution in [3.63, 3.8) is 0 Å². The van der Waals surface area contributed by atoms with E-state index < -0.39 is 12.1 Å². The molecule has 2 heterocycles. The van der Waals surface area contributed by atoms with Crippen molar-refractivity contribution >= 4 is 40.7 Å². The summed E-state index contributed by atoms with van der Waals surface area (Å²) >= 11 is 3.01. The summed E-state index contributed by atoms with van der Waals surface area (Å²) in [5.41, 5.74) is 4.65. The number of urea groups is 1. The number of rotatable bonds is 21. The Balaban J connectivity index is 1.45. The highest BCUT2D eigenvalue weighted by molar-refractivity contribution is 7.09. The fourth-order valence-electron chi connectivity index (χ4n) is 5.48. The van der Waals surface area contributed by atoms with E-state index in [0.717, 1.165) is 39.5 Å². The first kappa shape index (κ1) is 40.4. The molecule has 0 fully saturated rings. The highest BCUT2D eigenvalue weighted by Gasteiger charge is 2.27. The summed E-state index contributed by atoms with van der Waals surface area (Å²) in [5, 5.41) is 12.2. The summed E-state index contributed by atoms with van der Waals surface area (Å²) in [5.74, 6) is -0.0195. The molecule has 2 aromatic heterocycles. The monoisotopic (exact) mass is 748 g/mol. The number of thiazole rings is 2. The topological polar surface area (TPSA) is 135 Å². The largest absolute Gasteiger partial charge is 0.444 e. The van der Waals surface area contributed by atoms with Gasteiger partial charge in [-0.3, -0.25) is 9.78 Å². The van der Waals surface area contributed by atoms with Crippen LogP contribution in [0.5, 0.6) is 0 Å². The highest BCUT2D eigenvalue weighted by Crippen LogP contribution is 2.20. The van der Waals surface area contributed by atoms with Crippen LogP contribution in [0.4, 0.5) is 9.59 Å². The van der Waals surface area contributed by atoms with Gasteiger partial charge in [-0.1, -0.05) is 87.9 Å².